The molecule has 18 heavy (non-hydrogen) atoms. The lowest BCUT2D eigenvalue weighted by Gasteiger charge is -2.28. The van der Waals surface area contributed by atoms with Crippen molar-refractivity contribution in [1.82, 2.24) is 5.32 Å². The first kappa shape index (κ1) is 14.1. The van der Waals surface area contributed by atoms with E-state index < -0.39 is 0 Å². The molecule has 1 fully saturated rings. The van der Waals surface area contributed by atoms with Crippen molar-refractivity contribution in [2.24, 2.45) is 5.92 Å². The molecule has 1 aliphatic rings. The molecular formula is C16H27NS. The lowest BCUT2D eigenvalue weighted by Crippen LogP contribution is -2.34. The first-order chi connectivity index (χ1) is 8.90. The third-order valence-electron chi connectivity index (χ3n) is 4.41. The molecule has 1 nitrogen and oxygen atoms in total. The summed E-state index contributed by atoms with van der Waals surface area (Å²) >= 11 is 1.82. The molecule has 1 aromatic heterocycles. The number of hydrogen-bond acceptors (Lipinski definition) is 2. The minimum atomic E-state index is 0.725. The number of nitrogens with one attached hydrogen (secondary N) is 1. The van der Waals surface area contributed by atoms with Crippen LogP contribution in [-0.2, 0) is 6.42 Å². The molecule has 2 rings (SSSR count). The molecule has 0 radical (unpaired) electrons. The molecule has 1 saturated carbocycles. The molecule has 2 heteroatoms. The third-order valence-corrected chi connectivity index (χ3v) is 5.15. The van der Waals surface area contributed by atoms with Gasteiger partial charge in [-0.15, -0.1) is 0 Å². The van der Waals surface area contributed by atoms with Crippen molar-refractivity contribution >= 4 is 11.3 Å². The van der Waals surface area contributed by atoms with Gasteiger partial charge in [-0.3, -0.25) is 0 Å². The normalized spacial score (nSPS) is 20.3. The highest BCUT2D eigenvalue weighted by Gasteiger charge is 2.20. The molecule has 1 atom stereocenters. The van der Waals surface area contributed by atoms with Gasteiger partial charge in [0.2, 0.25) is 0 Å². The Morgan fingerprint density at radius 1 is 1.22 bits per heavy atom. The van der Waals surface area contributed by atoms with Gasteiger partial charge in [-0.25, -0.2) is 0 Å². The fourth-order valence-electron chi connectivity index (χ4n) is 3.26. The van der Waals surface area contributed by atoms with Crippen molar-refractivity contribution in [1.29, 1.82) is 0 Å². The van der Waals surface area contributed by atoms with Gasteiger partial charge in [0.25, 0.3) is 0 Å². The van der Waals surface area contributed by atoms with E-state index in [1.807, 2.05) is 11.3 Å². The summed E-state index contributed by atoms with van der Waals surface area (Å²) < 4.78 is 0. The molecule has 0 aromatic carbocycles. The van der Waals surface area contributed by atoms with Crippen molar-refractivity contribution in [3.63, 3.8) is 0 Å². The van der Waals surface area contributed by atoms with E-state index in [1.165, 1.54) is 63.4 Å². The second-order valence-electron chi connectivity index (χ2n) is 5.67. The molecule has 0 saturated heterocycles. The van der Waals surface area contributed by atoms with E-state index in [2.05, 4.69) is 29.2 Å². The number of hydrogen-bond donors (Lipinski definition) is 1. The number of aryl methyl sites for hydroxylation is 1. The summed E-state index contributed by atoms with van der Waals surface area (Å²) in [4.78, 5) is 0. The molecule has 1 heterocycles. The van der Waals surface area contributed by atoms with Crippen LogP contribution in [-0.4, -0.2) is 13.1 Å². The maximum Gasteiger partial charge on any atom is 0.00954 e. The molecule has 1 unspecified atom stereocenters. The van der Waals surface area contributed by atoms with E-state index >= 15 is 0 Å². The average molecular weight is 265 g/mol. The summed E-state index contributed by atoms with van der Waals surface area (Å²) in [5.41, 5.74) is 1.52. The Hall–Kier alpha value is -0.340. The summed E-state index contributed by atoms with van der Waals surface area (Å²) in [6, 6.07) is 3.00. The van der Waals surface area contributed by atoms with Crippen molar-refractivity contribution in [3.05, 3.63) is 22.4 Å². The van der Waals surface area contributed by atoms with Crippen LogP contribution >= 0.6 is 11.3 Å². The predicted molar refractivity (Wildman–Crippen MR) is 81.3 cm³/mol. The fourth-order valence-corrected chi connectivity index (χ4v) is 3.97. The van der Waals surface area contributed by atoms with Gasteiger partial charge in [0.1, 0.15) is 0 Å². The lowest BCUT2D eigenvalue weighted by molar-refractivity contribution is 0.284. The van der Waals surface area contributed by atoms with Crippen molar-refractivity contribution in [2.75, 3.05) is 7.05 Å². The topological polar surface area (TPSA) is 12.0 Å². The van der Waals surface area contributed by atoms with Crippen LogP contribution in [0.4, 0.5) is 0 Å². The smallest absolute Gasteiger partial charge is 0.00954 e. The van der Waals surface area contributed by atoms with Crippen LogP contribution in [0.5, 0.6) is 0 Å². The summed E-state index contributed by atoms with van der Waals surface area (Å²) in [6.07, 6.45) is 12.7. The van der Waals surface area contributed by atoms with Gasteiger partial charge in [-0.2, -0.15) is 11.3 Å². The molecular weight excluding hydrogens is 238 g/mol. The standard InChI is InChI=1S/C16H27NS/c1-17-16(10-9-14-11-12-18-13-14)15-7-5-3-2-4-6-8-15/h11-13,15-17H,2-10H2,1H3. The van der Waals surface area contributed by atoms with Gasteiger partial charge in [0.15, 0.2) is 0 Å². The Bertz CT molecular complexity index is 299. The molecule has 0 spiro atoms. The highest BCUT2D eigenvalue weighted by Crippen LogP contribution is 2.27. The molecule has 1 aromatic rings. The largest absolute Gasteiger partial charge is 0.317 e. The Morgan fingerprint density at radius 3 is 2.56 bits per heavy atom. The summed E-state index contributed by atoms with van der Waals surface area (Å²) in [7, 11) is 2.15. The molecule has 0 aliphatic heterocycles. The van der Waals surface area contributed by atoms with Crippen LogP contribution in [0.25, 0.3) is 0 Å². The SMILES string of the molecule is CNC(CCc1ccsc1)C1CCCCCCC1. The van der Waals surface area contributed by atoms with E-state index in [9.17, 15) is 0 Å². The summed E-state index contributed by atoms with van der Waals surface area (Å²) in [5, 5.41) is 8.08. The predicted octanol–water partition coefficient (Wildman–Crippen LogP) is 4.63. The first-order valence-corrected chi connectivity index (χ1v) is 8.53. The van der Waals surface area contributed by atoms with Gasteiger partial charge in [0, 0.05) is 6.04 Å². The average Bonchev–Trinajstić information content (AvgIpc) is 2.84. The minimum absolute atomic E-state index is 0.725. The highest BCUT2D eigenvalue weighted by atomic mass is 32.1. The maximum atomic E-state index is 3.59. The fraction of sp³-hybridized carbons (Fsp3) is 0.750. The van der Waals surface area contributed by atoms with Crippen LogP contribution in [0.3, 0.4) is 0 Å². The van der Waals surface area contributed by atoms with Gasteiger partial charge < -0.3 is 5.32 Å². The van der Waals surface area contributed by atoms with Gasteiger partial charge in [-0.1, -0.05) is 32.1 Å². The van der Waals surface area contributed by atoms with Crippen molar-refractivity contribution < 1.29 is 0 Å². The Balaban J connectivity index is 1.81. The van der Waals surface area contributed by atoms with E-state index in [-0.39, 0.29) is 0 Å². The second-order valence-corrected chi connectivity index (χ2v) is 6.45. The van der Waals surface area contributed by atoms with Crippen LogP contribution in [0, 0.1) is 5.92 Å². The van der Waals surface area contributed by atoms with E-state index in [0.717, 1.165) is 12.0 Å². The van der Waals surface area contributed by atoms with Gasteiger partial charge in [0.05, 0.1) is 0 Å². The summed E-state index contributed by atoms with van der Waals surface area (Å²) in [6.45, 7) is 0. The van der Waals surface area contributed by atoms with Crippen LogP contribution in [0.15, 0.2) is 16.8 Å². The van der Waals surface area contributed by atoms with Crippen LogP contribution in [0.2, 0.25) is 0 Å². The lowest BCUT2D eigenvalue weighted by atomic mass is 9.84. The molecule has 0 bridgehead atoms. The van der Waals surface area contributed by atoms with Crippen LogP contribution in [0.1, 0.15) is 56.9 Å². The summed E-state index contributed by atoms with van der Waals surface area (Å²) in [5.74, 6) is 0.911. The number of thiophene rings is 1. The third kappa shape index (κ3) is 4.40. The Kier molecular flexibility index (Phi) is 6.22. The van der Waals surface area contributed by atoms with E-state index in [1.54, 1.807) is 0 Å². The Labute approximate surface area is 116 Å². The monoisotopic (exact) mass is 265 g/mol. The van der Waals surface area contributed by atoms with Crippen molar-refractivity contribution in [2.45, 2.75) is 63.8 Å². The van der Waals surface area contributed by atoms with Crippen LogP contribution < -0.4 is 5.32 Å². The quantitative estimate of drug-likeness (QED) is 0.818. The van der Waals surface area contributed by atoms with E-state index in [0.29, 0.717) is 0 Å². The molecule has 1 N–H and O–H groups in total. The van der Waals surface area contributed by atoms with Crippen molar-refractivity contribution in [3.8, 4) is 0 Å². The second kappa shape index (κ2) is 7.96. The molecule has 102 valence electrons. The zero-order chi connectivity index (χ0) is 12.6. The maximum absolute atomic E-state index is 3.59. The highest BCUT2D eigenvalue weighted by molar-refractivity contribution is 7.07. The Morgan fingerprint density at radius 2 is 1.94 bits per heavy atom. The molecule has 0 amide bonds. The zero-order valence-electron chi connectivity index (χ0n) is 11.7. The first-order valence-electron chi connectivity index (χ1n) is 7.58. The number of rotatable bonds is 5. The minimum Gasteiger partial charge on any atom is -0.317 e. The van der Waals surface area contributed by atoms with E-state index in [4.69, 9.17) is 0 Å². The van der Waals surface area contributed by atoms with Gasteiger partial charge >= 0.3 is 0 Å². The molecule has 1 aliphatic carbocycles. The zero-order valence-corrected chi connectivity index (χ0v) is 12.5. The van der Waals surface area contributed by atoms with Gasteiger partial charge in [-0.05, 0) is 61.0 Å².